The molecule has 0 spiro atoms. The normalized spacial score (nSPS) is 29.8. The number of imide groups is 1. The van der Waals surface area contributed by atoms with Gasteiger partial charge in [0.1, 0.15) is 6.04 Å². The molecule has 3 saturated heterocycles. The highest BCUT2D eigenvalue weighted by Crippen LogP contribution is 2.34. The van der Waals surface area contributed by atoms with E-state index in [9.17, 15) is 14.4 Å². The van der Waals surface area contributed by atoms with Gasteiger partial charge in [-0.3, -0.25) is 24.6 Å². The van der Waals surface area contributed by atoms with Crippen LogP contribution in [0.1, 0.15) is 73.4 Å². The Kier molecular flexibility index (Phi) is 6.03. The maximum Gasteiger partial charge on any atom is 0.255 e. The fourth-order valence-corrected chi connectivity index (χ4v) is 6.20. The quantitative estimate of drug-likeness (QED) is 0.705. The van der Waals surface area contributed by atoms with Crippen molar-refractivity contribution in [3.63, 3.8) is 0 Å². The first-order chi connectivity index (χ1) is 15.5. The third-order valence-electron chi connectivity index (χ3n) is 8.00. The Morgan fingerprint density at radius 2 is 1.84 bits per heavy atom. The van der Waals surface area contributed by atoms with Crippen LogP contribution in [0.4, 0.5) is 0 Å². The van der Waals surface area contributed by atoms with Gasteiger partial charge in [-0.25, -0.2) is 0 Å². The number of rotatable bonds is 4. The molecule has 4 heterocycles. The van der Waals surface area contributed by atoms with E-state index in [0.717, 1.165) is 36.7 Å². The standard InChI is InChI=1S/C25H34N4O3/c1-16-3-2-4-21(18-9-11-26-12-10-18)28(16)14-17-5-6-19-15-29(25(32)20(19)13-17)22-7-8-23(30)27-24(22)31/h5-6,13,16,18,21-22,26H,2-4,7-12,14-15H2,1H3,(H,27,30,31)/t16-,21-,22?/m1/s1. The highest BCUT2D eigenvalue weighted by atomic mass is 16.2. The highest BCUT2D eigenvalue weighted by Gasteiger charge is 2.39. The fourth-order valence-electron chi connectivity index (χ4n) is 6.20. The number of hydrogen-bond acceptors (Lipinski definition) is 5. The lowest BCUT2D eigenvalue weighted by atomic mass is 9.82. The van der Waals surface area contributed by atoms with Gasteiger partial charge < -0.3 is 10.2 Å². The highest BCUT2D eigenvalue weighted by molar-refractivity contribution is 6.05. The Morgan fingerprint density at radius 1 is 1.03 bits per heavy atom. The number of carbonyl (C=O) groups is 3. The number of piperidine rings is 3. The van der Waals surface area contributed by atoms with Crippen LogP contribution < -0.4 is 10.6 Å². The monoisotopic (exact) mass is 438 g/mol. The molecule has 4 aliphatic rings. The SMILES string of the molecule is C[C@@H]1CCC[C@H](C2CCNCC2)N1Cc1ccc2c(c1)C(=O)N(C1CCC(=O)NC1=O)C2. The minimum absolute atomic E-state index is 0.0852. The van der Waals surface area contributed by atoms with Crippen LogP contribution >= 0.6 is 0 Å². The van der Waals surface area contributed by atoms with Crippen molar-refractivity contribution in [2.45, 2.75) is 83.1 Å². The van der Waals surface area contributed by atoms with E-state index in [-0.39, 0.29) is 24.1 Å². The predicted octanol–water partition coefficient (Wildman–Crippen LogP) is 2.19. The third kappa shape index (κ3) is 4.08. The summed E-state index contributed by atoms with van der Waals surface area (Å²) in [5.41, 5.74) is 2.87. The zero-order valence-corrected chi connectivity index (χ0v) is 18.9. The summed E-state index contributed by atoms with van der Waals surface area (Å²) in [6, 6.07) is 6.87. The van der Waals surface area contributed by atoms with E-state index in [4.69, 9.17) is 0 Å². The molecule has 0 bridgehead atoms. The Labute approximate surface area is 189 Å². The molecule has 0 aliphatic carbocycles. The predicted molar refractivity (Wildman–Crippen MR) is 121 cm³/mol. The summed E-state index contributed by atoms with van der Waals surface area (Å²) < 4.78 is 0. The first kappa shape index (κ1) is 21.6. The van der Waals surface area contributed by atoms with Crippen LogP contribution in [0.3, 0.4) is 0 Å². The minimum Gasteiger partial charge on any atom is -0.322 e. The van der Waals surface area contributed by atoms with E-state index in [1.807, 2.05) is 6.07 Å². The van der Waals surface area contributed by atoms with Crippen molar-refractivity contribution in [1.29, 1.82) is 0 Å². The number of carbonyl (C=O) groups excluding carboxylic acids is 3. The summed E-state index contributed by atoms with van der Waals surface area (Å²) in [7, 11) is 0. The van der Waals surface area contributed by atoms with Crippen molar-refractivity contribution in [2.75, 3.05) is 13.1 Å². The third-order valence-corrected chi connectivity index (χ3v) is 8.00. The van der Waals surface area contributed by atoms with E-state index < -0.39 is 6.04 Å². The zero-order chi connectivity index (χ0) is 22.2. The Balaban J connectivity index is 1.32. The van der Waals surface area contributed by atoms with Crippen molar-refractivity contribution in [3.8, 4) is 0 Å². The van der Waals surface area contributed by atoms with Gasteiger partial charge in [-0.15, -0.1) is 0 Å². The number of likely N-dealkylation sites (tertiary alicyclic amines) is 1. The molecule has 32 heavy (non-hydrogen) atoms. The molecular weight excluding hydrogens is 404 g/mol. The summed E-state index contributed by atoms with van der Waals surface area (Å²) in [6.45, 7) is 5.89. The van der Waals surface area contributed by atoms with Crippen LogP contribution in [0.15, 0.2) is 18.2 Å². The molecule has 7 nitrogen and oxygen atoms in total. The zero-order valence-electron chi connectivity index (χ0n) is 18.9. The number of nitrogens with one attached hydrogen (secondary N) is 2. The van der Waals surface area contributed by atoms with Crippen molar-refractivity contribution in [1.82, 2.24) is 20.4 Å². The molecular formula is C25H34N4O3. The second-order valence-corrected chi connectivity index (χ2v) is 10.00. The lowest BCUT2D eigenvalue weighted by Crippen LogP contribution is -2.52. The minimum atomic E-state index is -0.553. The van der Waals surface area contributed by atoms with Gasteiger partial charge in [0.25, 0.3) is 5.91 Å². The fraction of sp³-hybridized carbons (Fsp3) is 0.640. The van der Waals surface area contributed by atoms with Crippen LogP contribution in [0.5, 0.6) is 0 Å². The molecule has 0 radical (unpaired) electrons. The van der Waals surface area contributed by atoms with E-state index in [1.54, 1.807) is 4.90 Å². The van der Waals surface area contributed by atoms with Crippen LogP contribution in [-0.4, -0.2) is 58.7 Å². The van der Waals surface area contributed by atoms with Crippen LogP contribution in [0, 0.1) is 5.92 Å². The van der Waals surface area contributed by atoms with Gasteiger partial charge in [-0.2, -0.15) is 0 Å². The molecule has 3 fully saturated rings. The van der Waals surface area contributed by atoms with Gasteiger partial charge in [0.2, 0.25) is 11.8 Å². The number of fused-ring (bicyclic) bond motifs is 1. The van der Waals surface area contributed by atoms with E-state index in [1.165, 1.54) is 37.7 Å². The first-order valence-corrected chi connectivity index (χ1v) is 12.2. The average molecular weight is 439 g/mol. The van der Waals surface area contributed by atoms with E-state index >= 15 is 0 Å². The lowest BCUT2D eigenvalue weighted by Gasteiger charge is -2.45. The average Bonchev–Trinajstić information content (AvgIpc) is 3.11. The lowest BCUT2D eigenvalue weighted by molar-refractivity contribution is -0.136. The van der Waals surface area contributed by atoms with Crippen molar-refractivity contribution in [2.24, 2.45) is 5.92 Å². The summed E-state index contributed by atoms with van der Waals surface area (Å²) in [5.74, 6) is 0.0576. The summed E-state index contributed by atoms with van der Waals surface area (Å²) in [4.78, 5) is 41.3. The molecule has 7 heteroatoms. The Morgan fingerprint density at radius 3 is 2.62 bits per heavy atom. The molecule has 0 aromatic heterocycles. The van der Waals surface area contributed by atoms with Crippen molar-refractivity contribution in [3.05, 3.63) is 34.9 Å². The molecule has 4 aliphatic heterocycles. The topological polar surface area (TPSA) is 81.8 Å². The van der Waals surface area contributed by atoms with Gasteiger partial charge in [-0.1, -0.05) is 18.6 Å². The largest absolute Gasteiger partial charge is 0.322 e. The first-order valence-electron chi connectivity index (χ1n) is 12.2. The van der Waals surface area contributed by atoms with Crippen LogP contribution in [-0.2, 0) is 22.7 Å². The molecule has 172 valence electrons. The molecule has 5 rings (SSSR count). The maximum atomic E-state index is 13.2. The second kappa shape index (κ2) is 8.94. The molecule has 0 saturated carbocycles. The van der Waals surface area contributed by atoms with E-state index in [2.05, 4.69) is 34.6 Å². The van der Waals surface area contributed by atoms with Gasteiger partial charge in [0, 0.05) is 37.2 Å². The van der Waals surface area contributed by atoms with Gasteiger partial charge in [-0.05, 0) is 75.2 Å². The van der Waals surface area contributed by atoms with Gasteiger partial charge >= 0.3 is 0 Å². The number of benzene rings is 1. The smallest absolute Gasteiger partial charge is 0.255 e. The number of nitrogens with zero attached hydrogens (tertiary/aromatic N) is 2. The molecule has 2 N–H and O–H groups in total. The second-order valence-electron chi connectivity index (χ2n) is 10.00. The van der Waals surface area contributed by atoms with Gasteiger partial charge in [0.05, 0.1) is 0 Å². The maximum absolute atomic E-state index is 13.2. The Hall–Kier alpha value is -2.25. The number of hydrogen-bond donors (Lipinski definition) is 2. The van der Waals surface area contributed by atoms with Crippen LogP contribution in [0.25, 0.3) is 0 Å². The van der Waals surface area contributed by atoms with E-state index in [0.29, 0.717) is 25.0 Å². The summed E-state index contributed by atoms with van der Waals surface area (Å²) >= 11 is 0. The van der Waals surface area contributed by atoms with Gasteiger partial charge in [0.15, 0.2) is 0 Å². The summed E-state index contributed by atoms with van der Waals surface area (Å²) in [5, 5.41) is 5.87. The number of amides is 3. The molecule has 1 aromatic rings. The van der Waals surface area contributed by atoms with Crippen molar-refractivity contribution < 1.29 is 14.4 Å². The Bertz CT molecular complexity index is 910. The molecule has 3 atom stereocenters. The molecule has 3 amide bonds. The summed E-state index contributed by atoms with van der Waals surface area (Å²) in [6.07, 6.45) is 6.98. The van der Waals surface area contributed by atoms with Crippen LogP contribution in [0.2, 0.25) is 0 Å². The van der Waals surface area contributed by atoms with Crippen molar-refractivity contribution >= 4 is 17.7 Å². The molecule has 1 aromatic carbocycles. The molecule has 1 unspecified atom stereocenters.